The second-order valence-corrected chi connectivity index (χ2v) is 4.13. The number of nitrogens with one attached hydrogen (secondary N) is 1. The van der Waals surface area contributed by atoms with Crippen molar-refractivity contribution in [2.75, 3.05) is 27.2 Å². The summed E-state index contributed by atoms with van der Waals surface area (Å²) in [7, 11) is 2.87. The second kappa shape index (κ2) is 6.10. The average molecular weight is 236 g/mol. The summed E-state index contributed by atoms with van der Waals surface area (Å²) < 4.78 is 28.9. The quantitative estimate of drug-likeness (QED) is 0.653. The van der Waals surface area contributed by atoms with Gasteiger partial charge in [-0.2, -0.15) is 0 Å². The minimum absolute atomic E-state index is 0.244. The Morgan fingerprint density at radius 2 is 2.12 bits per heavy atom. The number of hydrogen-bond acceptors (Lipinski definition) is 4. The van der Waals surface area contributed by atoms with E-state index in [-0.39, 0.29) is 13.1 Å². The van der Waals surface area contributed by atoms with Crippen molar-refractivity contribution < 1.29 is 18.3 Å². The Balaban J connectivity index is 2.38. The molecule has 0 aliphatic heterocycles. The van der Waals surface area contributed by atoms with Crippen molar-refractivity contribution in [1.82, 2.24) is 10.2 Å². The standard InChI is InChI=1S/C10H18F2N2O2/c1-14(6-9(11)12)5-8(10(15)16-2)13-7-3-4-7/h7-9,13H,3-6H2,1-2H3. The highest BCUT2D eigenvalue weighted by Crippen LogP contribution is 2.19. The van der Waals surface area contributed by atoms with Gasteiger partial charge in [0.15, 0.2) is 0 Å². The fourth-order valence-electron chi connectivity index (χ4n) is 1.49. The lowest BCUT2D eigenvalue weighted by molar-refractivity contribution is -0.143. The van der Waals surface area contributed by atoms with Gasteiger partial charge in [-0.05, 0) is 19.9 Å². The molecule has 94 valence electrons. The second-order valence-electron chi connectivity index (χ2n) is 4.13. The highest BCUT2D eigenvalue weighted by atomic mass is 19.3. The van der Waals surface area contributed by atoms with E-state index in [9.17, 15) is 13.6 Å². The maximum atomic E-state index is 12.1. The van der Waals surface area contributed by atoms with Gasteiger partial charge in [0.05, 0.1) is 13.7 Å². The number of likely N-dealkylation sites (N-methyl/N-ethyl adjacent to an activating group) is 1. The maximum absolute atomic E-state index is 12.1. The predicted molar refractivity (Wildman–Crippen MR) is 55.5 cm³/mol. The van der Waals surface area contributed by atoms with E-state index in [1.165, 1.54) is 12.0 Å². The van der Waals surface area contributed by atoms with Crippen LogP contribution in [0.1, 0.15) is 12.8 Å². The third kappa shape index (κ3) is 4.85. The SMILES string of the molecule is COC(=O)C(CN(C)CC(F)F)NC1CC1. The molecule has 1 N–H and O–H groups in total. The highest BCUT2D eigenvalue weighted by molar-refractivity contribution is 5.76. The Kier molecular flexibility index (Phi) is 5.08. The van der Waals surface area contributed by atoms with Crippen molar-refractivity contribution in [3.8, 4) is 0 Å². The first-order valence-electron chi connectivity index (χ1n) is 5.33. The molecular weight excluding hydrogens is 218 g/mol. The molecule has 0 aromatic heterocycles. The van der Waals surface area contributed by atoms with E-state index in [0.717, 1.165) is 12.8 Å². The van der Waals surface area contributed by atoms with Crippen LogP contribution in [0.5, 0.6) is 0 Å². The molecule has 0 amide bonds. The molecule has 0 radical (unpaired) electrons. The van der Waals surface area contributed by atoms with Gasteiger partial charge < -0.3 is 10.1 Å². The summed E-state index contributed by atoms with van der Waals surface area (Å²) in [5.41, 5.74) is 0. The van der Waals surface area contributed by atoms with E-state index < -0.39 is 18.4 Å². The summed E-state index contributed by atoms with van der Waals surface area (Å²) in [6, 6.07) is -0.176. The van der Waals surface area contributed by atoms with Gasteiger partial charge in [-0.3, -0.25) is 9.69 Å². The maximum Gasteiger partial charge on any atom is 0.324 e. The summed E-state index contributed by atoms with van der Waals surface area (Å²) in [4.78, 5) is 12.8. The van der Waals surface area contributed by atoms with E-state index in [2.05, 4.69) is 10.1 Å². The number of ether oxygens (including phenoxy) is 1. The lowest BCUT2D eigenvalue weighted by atomic mass is 10.2. The number of methoxy groups -OCH3 is 1. The topological polar surface area (TPSA) is 41.6 Å². The number of alkyl halides is 2. The number of nitrogens with zero attached hydrogens (tertiary/aromatic N) is 1. The molecule has 16 heavy (non-hydrogen) atoms. The molecule has 0 heterocycles. The molecule has 0 saturated heterocycles. The number of hydrogen-bond donors (Lipinski definition) is 1. The lowest BCUT2D eigenvalue weighted by Crippen LogP contribution is -2.47. The van der Waals surface area contributed by atoms with Gasteiger partial charge >= 0.3 is 5.97 Å². The fraction of sp³-hybridized carbons (Fsp3) is 0.900. The van der Waals surface area contributed by atoms with Gasteiger partial charge in [-0.1, -0.05) is 0 Å². The molecule has 0 aromatic rings. The molecule has 0 spiro atoms. The van der Waals surface area contributed by atoms with Crippen molar-refractivity contribution in [3.05, 3.63) is 0 Å². The fourth-order valence-corrected chi connectivity index (χ4v) is 1.49. The molecule has 1 atom stereocenters. The number of carbonyl (C=O) groups excluding carboxylic acids is 1. The van der Waals surface area contributed by atoms with Crippen molar-refractivity contribution in [1.29, 1.82) is 0 Å². The van der Waals surface area contributed by atoms with E-state index in [1.54, 1.807) is 7.05 Å². The van der Waals surface area contributed by atoms with Crippen LogP contribution in [0.3, 0.4) is 0 Å². The van der Waals surface area contributed by atoms with Crippen molar-refractivity contribution in [2.45, 2.75) is 31.4 Å². The molecule has 0 aromatic carbocycles. The molecule has 1 aliphatic carbocycles. The van der Waals surface area contributed by atoms with Crippen molar-refractivity contribution in [2.24, 2.45) is 0 Å². The van der Waals surface area contributed by atoms with Gasteiger partial charge in [0, 0.05) is 12.6 Å². The summed E-state index contributed by atoms with van der Waals surface area (Å²) in [5.74, 6) is -0.395. The van der Waals surface area contributed by atoms with Crippen molar-refractivity contribution >= 4 is 5.97 Å². The first-order valence-corrected chi connectivity index (χ1v) is 5.33. The normalized spacial score (nSPS) is 17.9. The van der Waals surface area contributed by atoms with Gasteiger partial charge in [0.1, 0.15) is 6.04 Å². The largest absolute Gasteiger partial charge is 0.468 e. The van der Waals surface area contributed by atoms with E-state index in [4.69, 9.17) is 0 Å². The molecule has 6 heteroatoms. The van der Waals surface area contributed by atoms with Gasteiger partial charge in [-0.15, -0.1) is 0 Å². The zero-order valence-corrected chi connectivity index (χ0v) is 9.58. The van der Waals surface area contributed by atoms with E-state index >= 15 is 0 Å². The first kappa shape index (κ1) is 13.3. The van der Waals surface area contributed by atoms with E-state index in [0.29, 0.717) is 6.04 Å². The monoisotopic (exact) mass is 236 g/mol. The van der Waals surface area contributed by atoms with Crippen LogP contribution in [-0.4, -0.2) is 56.6 Å². The lowest BCUT2D eigenvalue weighted by Gasteiger charge is -2.22. The van der Waals surface area contributed by atoms with E-state index in [1.807, 2.05) is 0 Å². The molecular formula is C10H18F2N2O2. The zero-order valence-electron chi connectivity index (χ0n) is 9.58. The van der Waals surface area contributed by atoms with Crippen LogP contribution in [-0.2, 0) is 9.53 Å². The first-order chi connectivity index (χ1) is 7.52. The van der Waals surface area contributed by atoms with Crippen LogP contribution >= 0.6 is 0 Å². The highest BCUT2D eigenvalue weighted by Gasteiger charge is 2.29. The Bertz CT molecular complexity index is 235. The molecule has 1 unspecified atom stereocenters. The predicted octanol–water partition coefficient (Wildman–Crippen LogP) is 0.477. The van der Waals surface area contributed by atoms with Gasteiger partial charge in [-0.25, -0.2) is 8.78 Å². The molecule has 4 nitrogen and oxygen atoms in total. The number of halogens is 2. The Morgan fingerprint density at radius 1 is 1.50 bits per heavy atom. The minimum atomic E-state index is -2.38. The van der Waals surface area contributed by atoms with Crippen LogP contribution in [0.15, 0.2) is 0 Å². The van der Waals surface area contributed by atoms with Crippen LogP contribution < -0.4 is 5.32 Å². The van der Waals surface area contributed by atoms with Crippen molar-refractivity contribution in [3.63, 3.8) is 0 Å². The third-order valence-corrected chi connectivity index (χ3v) is 2.44. The molecule has 1 aliphatic rings. The molecule has 0 bridgehead atoms. The summed E-state index contributed by atoms with van der Waals surface area (Å²) in [6.45, 7) is -0.0899. The van der Waals surface area contributed by atoms with Gasteiger partial charge in [0.2, 0.25) is 0 Å². The van der Waals surface area contributed by atoms with Crippen LogP contribution in [0.2, 0.25) is 0 Å². The zero-order chi connectivity index (χ0) is 12.1. The Hall–Kier alpha value is -0.750. The van der Waals surface area contributed by atoms with Gasteiger partial charge in [0.25, 0.3) is 6.43 Å². The third-order valence-electron chi connectivity index (χ3n) is 2.44. The summed E-state index contributed by atoms with van der Waals surface area (Å²) >= 11 is 0. The molecule has 1 saturated carbocycles. The minimum Gasteiger partial charge on any atom is -0.468 e. The molecule has 1 rings (SSSR count). The van der Waals surface area contributed by atoms with Crippen LogP contribution in [0.4, 0.5) is 8.78 Å². The number of carbonyl (C=O) groups is 1. The number of esters is 1. The smallest absolute Gasteiger partial charge is 0.324 e. The van der Waals surface area contributed by atoms with Crippen LogP contribution in [0.25, 0.3) is 0 Å². The Labute approximate surface area is 93.9 Å². The van der Waals surface area contributed by atoms with Crippen LogP contribution in [0, 0.1) is 0 Å². The number of rotatable bonds is 7. The Morgan fingerprint density at radius 3 is 2.56 bits per heavy atom. The molecule has 1 fully saturated rings. The average Bonchev–Trinajstić information content (AvgIpc) is 2.98. The summed E-state index contributed by atoms with van der Waals surface area (Å²) in [5, 5.41) is 3.08. The summed E-state index contributed by atoms with van der Waals surface area (Å²) in [6.07, 6.45) is -0.317.